The molecule has 0 saturated heterocycles. The van der Waals surface area contributed by atoms with Crippen molar-refractivity contribution in [1.82, 2.24) is 5.32 Å². The number of benzene rings is 2. The van der Waals surface area contributed by atoms with Crippen molar-refractivity contribution in [3.63, 3.8) is 0 Å². The van der Waals surface area contributed by atoms with Crippen LogP contribution in [0.5, 0.6) is 11.5 Å². The Balaban J connectivity index is 0.00000480. The Morgan fingerprint density at radius 1 is 1.23 bits per heavy atom. The second-order valence-corrected chi connectivity index (χ2v) is 7.44. The van der Waals surface area contributed by atoms with Crippen molar-refractivity contribution in [2.45, 2.75) is 19.1 Å². The van der Waals surface area contributed by atoms with Gasteiger partial charge in [-0.05, 0) is 71.5 Å². The maximum atomic E-state index is 12.8. The smallest absolute Gasteiger partial charge is 0.416 e. The summed E-state index contributed by atoms with van der Waals surface area (Å²) < 4.78 is 50.0. The number of aliphatic hydroxyl groups excluding tert-OH is 1. The molecule has 0 aliphatic carbocycles. The molecular formula is C20H23ClF3IN2O4. The highest BCUT2D eigenvalue weighted by Gasteiger charge is 2.30. The van der Waals surface area contributed by atoms with Gasteiger partial charge in [-0.2, -0.15) is 13.2 Å². The minimum absolute atomic E-state index is 0. The Labute approximate surface area is 198 Å². The van der Waals surface area contributed by atoms with Gasteiger partial charge in [-0.1, -0.05) is 6.07 Å². The van der Waals surface area contributed by atoms with E-state index in [1.165, 1.54) is 19.2 Å². The van der Waals surface area contributed by atoms with Gasteiger partial charge in [-0.25, -0.2) is 0 Å². The van der Waals surface area contributed by atoms with Crippen molar-refractivity contribution in [2.24, 2.45) is 0 Å². The number of hydrogen-bond donors (Lipinski definition) is 3. The lowest BCUT2D eigenvalue weighted by Crippen LogP contribution is -2.21. The van der Waals surface area contributed by atoms with Gasteiger partial charge in [0.15, 0.2) is 18.1 Å². The molecule has 2 rings (SSSR count). The Morgan fingerprint density at radius 2 is 1.97 bits per heavy atom. The molecule has 0 spiro atoms. The highest BCUT2D eigenvalue weighted by atomic mass is 127. The number of alkyl halides is 3. The lowest BCUT2D eigenvalue weighted by Gasteiger charge is -2.15. The quantitative estimate of drug-likeness (QED) is 0.293. The summed E-state index contributed by atoms with van der Waals surface area (Å²) in [4.78, 5) is 12.1. The van der Waals surface area contributed by atoms with E-state index in [9.17, 15) is 18.0 Å². The van der Waals surface area contributed by atoms with Gasteiger partial charge in [0.05, 0.1) is 16.2 Å². The molecule has 2 aromatic carbocycles. The highest BCUT2D eigenvalue weighted by Crippen LogP contribution is 2.34. The second kappa shape index (κ2) is 12.9. The Morgan fingerprint density at radius 3 is 2.61 bits per heavy atom. The minimum atomic E-state index is -4.49. The molecule has 0 heterocycles. The first-order valence-electron chi connectivity index (χ1n) is 9.02. The van der Waals surface area contributed by atoms with E-state index in [1.54, 1.807) is 6.07 Å². The average Bonchev–Trinajstić information content (AvgIpc) is 2.69. The van der Waals surface area contributed by atoms with Crippen LogP contribution >= 0.6 is 35.0 Å². The monoisotopic (exact) mass is 574 g/mol. The van der Waals surface area contributed by atoms with Gasteiger partial charge < -0.3 is 25.2 Å². The molecule has 0 radical (unpaired) electrons. The molecule has 0 atom stereocenters. The van der Waals surface area contributed by atoms with Crippen LogP contribution in [0.4, 0.5) is 18.9 Å². The third kappa shape index (κ3) is 8.71. The van der Waals surface area contributed by atoms with E-state index >= 15 is 0 Å². The fourth-order valence-corrected chi connectivity index (χ4v) is 3.38. The summed E-state index contributed by atoms with van der Waals surface area (Å²) in [5.74, 6) is 0.214. The van der Waals surface area contributed by atoms with Crippen LogP contribution in [-0.4, -0.2) is 37.9 Å². The predicted molar refractivity (Wildman–Crippen MR) is 122 cm³/mol. The third-order valence-corrected chi connectivity index (χ3v) is 4.75. The molecule has 0 aliphatic heterocycles. The number of carbonyl (C=O) groups excluding carboxylic acids is 1. The number of rotatable bonds is 10. The van der Waals surface area contributed by atoms with Crippen LogP contribution in [0.3, 0.4) is 0 Å². The number of nitrogens with one attached hydrogen (secondary N) is 2. The van der Waals surface area contributed by atoms with Crippen molar-refractivity contribution >= 4 is 46.6 Å². The van der Waals surface area contributed by atoms with E-state index in [0.29, 0.717) is 31.0 Å². The fourth-order valence-electron chi connectivity index (χ4n) is 2.56. The zero-order valence-electron chi connectivity index (χ0n) is 16.6. The first-order valence-corrected chi connectivity index (χ1v) is 10.1. The van der Waals surface area contributed by atoms with E-state index in [0.717, 1.165) is 21.3 Å². The van der Waals surface area contributed by atoms with Crippen LogP contribution in [-0.2, 0) is 17.5 Å². The SMILES string of the molecule is COc1cc(CNCCCO)cc(I)c1OCC(=O)Nc1cccc(C(F)(F)F)c1.Cl. The highest BCUT2D eigenvalue weighted by molar-refractivity contribution is 14.1. The van der Waals surface area contributed by atoms with Gasteiger partial charge in [0.1, 0.15) is 0 Å². The minimum Gasteiger partial charge on any atom is -0.493 e. The number of carbonyl (C=O) groups is 1. The van der Waals surface area contributed by atoms with Crippen LogP contribution in [0.25, 0.3) is 0 Å². The van der Waals surface area contributed by atoms with Crippen LogP contribution in [0, 0.1) is 3.57 Å². The predicted octanol–water partition coefficient (Wildman–Crippen LogP) is 4.23. The number of anilines is 1. The van der Waals surface area contributed by atoms with Gasteiger partial charge in [0.25, 0.3) is 5.91 Å². The standard InChI is InChI=1S/C20H22F3IN2O4.ClH/c1-29-17-9-13(11-25-6-3-7-27)8-16(24)19(17)30-12-18(28)26-15-5-2-4-14(10-15)20(21,22)23;/h2,4-5,8-10,25,27H,3,6-7,11-12H2,1H3,(H,26,28);1H. The zero-order chi connectivity index (χ0) is 22.1. The lowest BCUT2D eigenvalue weighted by atomic mass is 10.2. The summed E-state index contributed by atoms with van der Waals surface area (Å²) in [6.45, 7) is 0.964. The number of aliphatic hydroxyl groups is 1. The van der Waals surface area contributed by atoms with Crippen molar-refractivity contribution < 1.29 is 32.5 Å². The van der Waals surface area contributed by atoms with Crippen molar-refractivity contribution in [2.75, 3.05) is 32.2 Å². The van der Waals surface area contributed by atoms with E-state index in [4.69, 9.17) is 14.6 Å². The van der Waals surface area contributed by atoms with Crippen LogP contribution < -0.4 is 20.1 Å². The second-order valence-electron chi connectivity index (χ2n) is 6.28. The summed E-state index contributed by atoms with van der Waals surface area (Å²) in [5.41, 5.74) is 0.125. The molecule has 0 bridgehead atoms. The molecule has 0 unspecified atom stereocenters. The lowest BCUT2D eigenvalue weighted by molar-refractivity contribution is -0.137. The zero-order valence-corrected chi connectivity index (χ0v) is 19.6. The summed E-state index contributed by atoms with van der Waals surface area (Å²) in [6, 6.07) is 8.03. The number of hydrogen-bond acceptors (Lipinski definition) is 5. The van der Waals surface area contributed by atoms with Crippen molar-refractivity contribution in [1.29, 1.82) is 0 Å². The first kappa shape index (κ1) is 27.3. The average molecular weight is 575 g/mol. The van der Waals surface area contributed by atoms with Crippen molar-refractivity contribution in [3.8, 4) is 11.5 Å². The normalized spacial score (nSPS) is 10.9. The number of ether oxygens (including phenoxy) is 2. The van der Waals surface area contributed by atoms with E-state index < -0.39 is 24.3 Å². The molecule has 0 saturated carbocycles. The molecule has 0 aliphatic rings. The summed E-state index contributed by atoms with van der Waals surface area (Å²) >= 11 is 2.06. The van der Waals surface area contributed by atoms with Crippen LogP contribution in [0.1, 0.15) is 17.5 Å². The van der Waals surface area contributed by atoms with E-state index in [-0.39, 0.29) is 24.7 Å². The first-order chi connectivity index (χ1) is 14.2. The summed E-state index contributed by atoms with van der Waals surface area (Å²) in [5, 5.41) is 14.4. The molecule has 6 nitrogen and oxygen atoms in total. The largest absolute Gasteiger partial charge is 0.493 e. The fraction of sp³-hybridized carbons (Fsp3) is 0.350. The van der Waals surface area contributed by atoms with Gasteiger partial charge in [-0.15, -0.1) is 12.4 Å². The molecule has 0 fully saturated rings. The summed E-state index contributed by atoms with van der Waals surface area (Å²) in [6.07, 6.45) is -3.84. The number of amides is 1. The Bertz CT molecular complexity index is 869. The van der Waals surface area contributed by atoms with Crippen LogP contribution in [0.15, 0.2) is 36.4 Å². The van der Waals surface area contributed by atoms with Gasteiger partial charge in [0, 0.05) is 18.8 Å². The van der Waals surface area contributed by atoms with Crippen LogP contribution in [0.2, 0.25) is 0 Å². The van der Waals surface area contributed by atoms with Crippen molar-refractivity contribution in [3.05, 3.63) is 51.1 Å². The van der Waals surface area contributed by atoms with E-state index in [2.05, 4.69) is 33.2 Å². The Kier molecular flexibility index (Phi) is 11.4. The van der Waals surface area contributed by atoms with Gasteiger partial charge in [-0.3, -0.25) is 4.79 Å². The van der Waals surface area contributed by atoms with E-state index in [1.807, 2.05) is 6.07 Å². The van der Waals surface area contributed by atoms with Gasteiger partial charge >= 0.3 is 6.18 Å². The maximum Gasteiger partial charge on any atom is 0.416 e. The third-order valence-electron chi connectivity index (χ3n) is 3.95. The topological polar surface area (TPSA) is 79.8 Å². The Hall–Kier alpha value is -1.76. The molecule has 31 heavy (non-hydrogen) atoms. The molecule has 172 valence electrons. The molecule has 11 heteroatoms. The maximum absolute atomic E-state index is 12.8. The molecule has 1 amide bonds. The van der Waals surface area contributed by atoms with Gasteiger partial charge in [0.2, 0.25) is 0 Å². The molecule has 0 aromatic heterocycles. The number of halogens is 5. The number of methoxy groups -OCH3 is 1. The summed E-state index contributed by atoms with van der Waals surface area (Å²) in [7, 11) is 1.48. The molecule has 2 aromatic rings. The molecular weight excluding hydrogens is 552 g/mol. The molecule has 3 N–H and O–H groups in total.